The van der Waals surface area contributed by atoms with Gasteiger partial charge in [-0.25, -0.2) is 14.6 Å². The number of nitrogens with zero attached hydrogens (tertiary/aromatic N) is 4. The van der Waals surface area contributed by atoms with E-state index in [9.17, 15) is 0 Å². The molecule has 4 aromatic rings. The highest BCUT2D eigenvalue weighted by Crippen LogP contribution is 2.22. The maximum absolute atomic E-state index is 4.72. The molecule has 0 aliphatic heterocycles. The van der Waals surface area contributed by atoms with Crippen LogP contribution in [0, 0.1) is 0 Å². The molecule has 0 aliphatic carbocycles. The quantitative estimate of drug-likeness (QED) is 0.623. The van der Waals surface area contributed by atoms with Crippen LogP contribution < -0.4 is 5.32 Å². The van der Waals surface area contributed by atoms with E-state index in [-0.39, 0.29) is 0 Å². The molecule has 6 nitrogen and oxygen atoms in total. The first kappa shape index (κ1) is 13.4. The first-order valence-electron chi connectivity index (χ1n) is 7.24. The summed E-state index contributed by atoms with van der Waals surface area (Å²) in [5.74, 6) is 0.656. The van der Waals surface area contributed by atoms with E-state index in [1.54, 1.807) is 0 Å². The number of aromatic nitrogens is 4. The predicted molar refractivity (Wildman–Crippen MR) is 86.4 cm³/mol. The van der Waals surface area contributed by atoms with Crippen LogP contribution in [0.2, 0.25) is 0 Å². The lowest BCUT2D eigenvalue weighted by Crippen LogP contribution is -2.03. The Hall–Kier alpha value is -3.28. The molecule has 0 bridgehead atoms. The second kappa shape index (κ2) is 5.84. The molecule has 0 spiro atoms. The van der Waals surface area contributed by atoms with Crippen molar-refractivity contribution < 1.29 is 4.63 Å². The van der Waals surface area contributed by atoms with Crippen LogP contribution in [0.4, 0.5) is 11.5 Å². The summed E-state index contributed by atoms with van der Waals surface area (Å²) in [5.41, 5.74) is 3.68. The van der Waals surface area contributed by atoms with E-state index in [1.807, 2.05) is 48.5 Å². The second-order valence-corrected chi connectivity index (χ2v) is 5.08. The van der Waals surface area contributed by atoms with Crippen LogP contribution in [-0.4, -0.2) is 20.3 Å². The van der Waals surface area contributed by atoms with Gasteiger partial charge in [-0.2, -0.15) is 0 Å². The Balaban J connectivity index is 1.75. The summed E-state index contributed by atoms with van der Waals surface area (Å²) in [6.07, 6.45) is 0.645. The Morgan fingerprint density at radius 3 is 2.17 bits per heavy atom. The van der Waals surface area contributed by atoms with E-state index in [4.69, 9.17) is 4.63 Å². The van der Waals surface area contributed by atoms with Crippen LogP contribution in [0.25, 0.3) is 11.3 Å². The second-order valence-electron chi connectivity index (χ2n) is 5.08. The monoisotopic (exact) mass is 303 g/mol. The van der Waals surface area contributed by atoms with Gasteiger partial charge in [-0.3, -0.25) is 0 Å². The van der Waals surface area contributed by atoms with Crippen molar-refractivity contribution >= 4 is 22.8 Å². The maximum Gasteiger partial charge on any atom is 0.245 e. The van der Waals surface area contributed by atoms with Gasteiger partial charge in [0, 0.05) is 12.1 Å². The van der Waals surface area contributed by atoms with Crippen molar-refractivity contribution in [1.82, 2.24) is 20.3 Å². The molecule has 0 saturated heterocycles. The Morgan fingerprint density at radius 1 is 0.783 bits per heavy atom. The van der Waals surface area contributed by atoms with Crippen LogP contribution in [0.15, 0.2) is 65.3 Å². The fourth-order valence-corrected chi connectivity index (χ4v) is 2.34. The molecule has 0 saturated carbocycles. The zero-order valence-electron chi connectivity index (χ0n) is 12.2. The van der Waals surface area contributed by atoms with Crippen molar-refractivity contribution in [2.24, 2.45) is 0 Å². The van der Waals surface area contributed by atoms with Crippen molar-refractivity contribution in [3.8, 4) is 0 Å². The van der Waals surface area contributed by atoms with Crippen LogP contribution in [0.5, 0.6) is 0 Å². The van der Waals surface area contributed by atoms with Crippen LogP contribution >= 0.6 is 0 Å². The third-order valence-corrected chi connectivity index (χ3v) is 3.44. The number of hydrogen-bond acceptors (Lipinski definition) is 6. The van der Waals surface area contributed by atoms with Gasteiger partial charge in [0.2, 0.25) is 11.3 Å². The highest BCUT2D eigenvalue weighted by molar-refractivity contribution is 5.69. The number of benzene rings is 2. The van der Waals surface area contributed by atoms with Crippen LogP contribution in [-0.2, 0) is 6.42 Å². The maximum atomic E-state index is 4.72. The summed E-state index contributed by atoms with van der Waals surface area (Å²) < 4.78 is 4.72. The van der Waals surface area contributed by atoms with Crippen molar-refractivity contribution in [2.75, 3.05) is 5.32 Å². The minimum atomic E-state index is 0.389. The standard InChI is InChI=1S/C17H13N5O/c1-3-7-12(8-4-1)11-14-15(18-13-9-5-2-6-10-13)20-17-16(19-14)21-23-22-17/h1-10H,11H2,(H,18,20,22). The zero-order chi connectivity index (χ0) is 15.5. The Labute approximate surface area is 132 Å². The van der Waals surface area contributed by atoms with E-state index < -0.39 is 0 Å². The Kier molecular flexibility index (Phi) is 3.40. The molecule has 6 heteroatoms. The van der Waals surface area contributed by atoms with E-state index in [1.165, 1.54) is 0 Å². The van der Waals surface area contributed by atoms with Gasteiger partial charge >= 0.3 is 0 Å². The molecule has 2 aromatic heterocycles. The molecule has 2 aromatic carbocycles. The van der Waals surface area contributed by atoms with Crippen LogP contribution in [0.3, 0.4) is 0 Å². The largest absolute Gasteiger partial charge is 0.339 e. The fourth-order valence-electron chi connectivity index (χ4n) is 2.34. The molecule has 4 rings (SSSR count). The summed E-state index contributed by atoms with van der Waals surface area (Å²) >= 11 is 0. The van der Waals surface area contributed by atoms with Gasteiger partial charge in [0.05, 0.1) is 5.69 Å². The van der Waals surface area contributed by atoms with E-state index in [2.05, 4.69) is 37.7 Å². The molecule has 1 N–H and O–H groups in total. The van der Waals surface area contributed by atoms with Crippen molar-refractivity contribution in [2.45, 2.75) is 6.42 Å². The average molecular weight is 303 g/mol. The lowest BCUT2D eigenvalue weighted by Gasteiger charge is -2.10. The molecule has 2 heterocycles. The molecule has 112 valence electrons. The SMILES string of the molecule is c1ccc(Cc2nc3nonc3nc2Nc2ccccc2)cc1. The first-order valence-corrected chi connectivity index (χ1v) is 7.24. The molecule has 0 aliphatic rings. The van der Waals surface area contributed by atoms with Crippen LogP contribution in [0.1, 0.15) is 11.3 Å². The fraction of sp³-hybridized carbons (Fsp3) is 0.0588. The Morgan fingerprint density at radius 2 is 1.43 bits per heavy atom. The van der Waals surface area contributed by atoms with Crippen molar-refractivity contribution in [3.05, 3.63) is 71.9 Å². The molecule has 0 unspecified atom stereocenters. The number of para-hydroxylation sites is 1. The summed E-state index contributed by atoms with van der Waals surface area (Å²) in [6.45, 7) is 0. The topological polar surface area (TPSA) is 76.7 Å². The van der Waals surface area contributed by atoms with Gasteiger partial charge in [-0.1, -0.05) is 48.5 Å². The smallest absolute Gasteiger partial charge is 0.245 e. The molecule has 0 fully saturated rings. The lowest BCUT2D eigenvalue weighted by atomic mass is 10.1. The number of anilines is 2. The van der Waals surface area contributed by atoms with E-state index >= 15 is 0 Å². The van der Waals surface area contributed by atoms with Gasteiger partial charge in [0.25, 0.3) is 0 Å². The van der Waals surface area contributed by atoms with Gasteiger partial charge in [0.1, 0.15) is 0 Å². The minimum Gasteiger partial charge on any atom is -0.339 e. The third kappa shape index (κ3) is 2.87. The average Bonchev–Trinajstić information content (AvgIpc) is 3.04. The van der Waals surface area contributed by atoms with Crippen molar-refractivity contribution in [3.63, 3.8) is 0 Å². The lowest BCUT2D eigenvalue weighted by molar-refractivity contribution is 0.314. The molecule has 0 amide bonds. The molecule has 0 radical (unpaired) electrons. The van der Waals surface area contributed by atoms with Gasteiger partial charge in [-0.15, -0.1) is 0 Å². The summed E-state index contributed by atoms with van der Waals surface area (Å²) in [4.78, 5) is 9.02. The van der Waals surface area contributed by atoms with E-state index in [0.29, 0.717) is 23.5 Å². The molecular formula is C17H13N5O. The van der Waals surface area contributed by atoms with Gasteiger partial charge < -0.3 is 5.32 Å². The van der Waals surface area contributed by atoms with Gasteiger partial charge in [0.15, 0.2) is 5.82 Å². The first-order chi connectivity index (χ1) is 11.4. The highest BCUT2D eigenvalue weighted by Gasteiger charge is 2.13. The molecule has 23 heavy (non-hydrogen) atoms. The third-order valence-electron chi connectivity index (χ3n) is 3.44. The normalized spacial score (nSPS) is 10.8. The minimum absolute atomic E-state index is 0.389. The van der Waals surface area contributed by atoms with Crippen molar-refractivity contribution in [1.29, 1.82) is 0 Å². The zero-order valence-corrected chi connectivity index (χ0v) is 12.2. The summed E-state index contributed by atoms with van der Waals surface area (Å²) in [7, 11) is 0. The highest BCUT2D eigenvalue weighted by atomic mass is 16.6. The Bertz CT molecular complexity index is 846. The van der Waals surface area contributed by atoms with E-state index in [0.717, 1.165) is 16.9 Å². The molecule has 0 atom stereocenters. The van der Waals surface area contributed by atoms with Gasteiger partial charge in [-0.05, 0) is 28.0 Å². The molecular weight excluding hydrogens is 290 g/mol. The number of rotatable bonds is 4. The number of nitrogens with one attached hydrogen (secondary N) is 1. The predicted octanol–water partition coefficient (Wildman–Crippen LogP) is 3.35. The summed E-state index contributed by atoms with van der Waals surface area (Å²) in [5, 5.41) is 10.8. The summed E-state index contributed by atoms with van der Waals surface area (Å²) in [6, 6.07) is 19.9. The number of hydrogen-bond donors (Lipinski definition) is 1. The number of fused-ring (bicyclic) bond motifs is 1.